The summed E-state index contributed by atoms with van der Waals surface area (Å²) in [6, 6.07) is 16.3. The Bertz CT molecular complexity index is 1370. The smallest absolute Gasteiger partial charge is 0.260 e. The molecule has 0 radical (unpaired) electrons. The van der Waals surface area contributed by atoms with E-state index in [4.69, 9.17) is 9.40 Å². The van der Waals surface area contributed by atoms with Gasteiger partial charge in [-0.1, -0.05) is 43.4 Å². The Morgan fingerprint density at radius 3 is 2.56 bits per heavy atom. The first-order valence-corrected chi connectivity index (χ1v) is 11.9. The van der Waals surface area contributed by atoms with Gasteiger partial charge < -0.3 is 4.42 Å². The molecule has 2 aromatic carbocycles. The van der Waals surface area contributed by atoms with E-state index in [1.165, 1.54) is 11.3 Å². The van der Waals surface area contributed by atoms with Crippen LogP contribution in [-0.2, 0) is 16.1 Å². The highest BCUT2D eigenvalue weighted by atomic mass is 32.1. The summed E-state index contributed by atoms with van der Waals surface area (Å²) >= 11 is 1.45. The van der Waals surface area contributed by atoms with Crippen LogP contribution in [0.2, 0.25) is 0 Å². The number of anilines is 2. The van der Waals surface area contributed by atoms with Gasteiger partial charge in [-0.25, -0.2) is 4.98 Å². The van der Waals surface area contributed by atoms with E-state index in [1.54, 1.807) is 41.5 Å². The third-order valence-corrected chi connectivity index (χ3v) is 6.88. The minimum atomic E-state index is -0.289. The Morgan fingerprint density at radius 2 is 1.85 bits per heavy atom. The second-order valence-electron chi connectivity index (χ2n) is 8.49. The number of thiazole rings is 1. The number of carbonyl (C=O) groups excluding carboxylic acids is 3. The molecular formula is C26H23N3O4S. The number of hydrogen-bond donors (Lipinski definition) is 0. The number of nitrogens with zero attached hydrogens (tertiary/aromatic N) is 3. The van der Waals surface area contributed by atoms with Crippen molar-refractivity contribution in [1.82, 2.24) is 4.98 Å². The number of hydrogen-bond acceptors (Lipinski definition) is 6. The number of para-hydroxylation sites is 1. The molecule has 3 amide bonds. The Hall–Kier alpha value is -3.78. The maximum atomic E-state index is 13.8. The number of fused-ring (bicyclic) bond motifs is 1. The molecule has 172 valence electrons. The first kappa shape index (κ1) is 22.0. The van der Waals surface area contributed by atoms with Gasteiger partial charge in [0.25, 0.3) is 5.91 Å². The fourth-order valence-corrected chi connectivity index (χ4v) is 5.12. The van der Waals surface area contributed by atoms with E-state index in [0.717, 1.165) is 20.7 Å². The zero-order valence-electron chi connectivity index (χ0n) is 18.9. The maximum absolute atomic E-state index is 13.8. The van der Waals surface area contributed by atoms with Crippen molar-refractivity contribution in [3.63, 3.8) is 0 Å². The van der Waals surface area contributed by atoms with Gasteiger partial charge in [-0.3, -0.25) is 24.2 Å². The summed E-state index contributed by atoms with van der Waals surface area (Å²) in [4.78, 5) is 45.8. The van der Waals surface area contributed by atoms with Gasteiger partial charge in [0.05, 0.1) is 28.7 Å². The van der Waals surface area contributed by atoms with Crippen LogP contribution in [-0.4, -0.2) is 22.7 Å². The van der Waals surface area contributed by atoms with E-state index < -0.39 is 0 Å². The van der Waals surface area contributed by atoms with Gasteiger partial charge in [-0.05, 0) is 47.9 Å². The molecule has 4 aromatic rings. The Labute approximate surface area is 200 Å². The van der Waals surface area contributed by atoms with E-state index >= 15 is 0 Å². The lowest BCUT2D eigenvalue weighted by atomic mass is 10.0. The van der Waals surface area contributed by atoms with Gasteiger partial charge in [-0.15, -0.1) is 0 Å². The van der Waals surface area contributed by atoms with Gasteiger partial charge in [0, 0.05) is 18.4 Å². The lowest BCUT2D eigenvalue weighted by Crippen LogP contribution is -2.31. The molecule has 3 heterocycles. The van der Waals surface area contributed by atoms with Crippen molar-refractivity contribution >= 4 is 50.1 Å². The van der Waals surface area contributed by atoms with Gasteiger partial charge in [0.1, 0.15) is 5.76 Å². The van der Waals surface area contributed by atoms with E-state index in [9.17, 15) is 14.4 Å². The average Bonchev–Trinajstić information content (AvgIpc) is 3.57. The number of carbonyl (C=O) groups is 3. The quantitative estimate of drug-likeness (QED) is 0.345. The molecule has 0 saturated carbocycles. The molecule has 5 rings (SSSR count). The van der Waals surface area contributed by atoms with Crippen molar-refractivity contribution in [3.05, 3.63) is 77.7 Å². The lowest BCUT2D eigenvalue weighted by molar-refractivity contribution is -0.121. The molecule has 2 aromatic heterocycles. The van der Waals surface area contributed by atoms with Crippen LogP contribution in [0.25, 0.3) is 10.2 Å². The molecule has 0 unspecified atom stereocenters. The normalized spacial score (nSPS) is 13.9. The summed E-state index contributed by atoms with van der Waals surface area (Å²) in [7, 11) is 0. The predicted octanol–water partition coefficient (Wildman–Crippen LogP) is 5.51. The minimum Gasteiger partial charge on any atom is -0.467 e. The number of rotatable bonds is 6. The number of amides is 3. The van der Waals surface area contributed by atoms with Crippen molar-refractivity contribution in [1.29, 1.82) is 0 Å². The first-order chi connectivity index (χ1) is 16.4. The monoisotopic (exact) mass is 473 g/mol. The number of aromatic nitrogens is 1. The molecule has 1 fully saturated rings. The standard InChI is InChI=1S/C26H23N3O4S/c1-16(2)20-9-4-10-21-24(20)27-26(34-21)28(15-19-8-5-13-33-19)25(32)17-6-3-7-18(14-17)29-22(30)11-12-23(29)31/h3-10,13-14,16H,11-12,15H2,1-2H3. The molecule has 0 bridgehead atoms. The van der Waals surface area contributed by atoms with Gasteiger partial charge >= 0.3 is 0 Å². The summed E-state index contributed by atoms with van der Waals surface area (Å²) in [6.45, 7) is 4.44. The van der Waals surface area contributed by atoms with Crippen molar-refractivity contribution < 1.29 is 18.8 Å². The van der Waals surface area contributed by atoms with Crippen LogP contribution < -0.4 is 9.80 Å². The molecular weight excluding hydrogens is 450 g/mol. The molecule has 0 aliphatic carbocycles. The van der Waals surface area contributed by atoms with Crippen LogP contribution in [0.1, 0.15) is 54.3 Å². The third-order valence-electron chi connectivity index (χ3n) is 5.83. The average molecular weight is 474 g/mol. The zero-order chi connectivity index (χ0) is 23.8. The summed E-state index contributed by atoms with van der Waals surface area (Å²) in [5.41, 5.74) is 2.78. The second kappa shape index (κ2) is 8.87. The maximum Gasteiger partial charge on any atom is 0.260 e. The fraction of sp³-hybridized carbons (Fsp3) is 0.231. The molecule has 0 atom stereocenters. The van der Waals surface area contributed by atoms with Gasteiger partial charge in [0.15, 0.2) is 5.13 Å². The molecule has 34 heavy (non-hydrogen) atoms. The molecule has 1 aliphatic rings. The van der Waals surface area contributed by atoms with E-state index in [1.807, 2.05) is 18.2 Å². The Kier molecular flexibility index (Phi) is 5.75. The van der Waals surface area contributed by atoms with Crippen molar-refractivity contribution in [2.75, 3.05) is 9.80 Å². The van der Waals surface area contributed by atoms with Crippen LogP contribution in [0.15, 0.2) is 65.3 Å². The van der Waals surface area contributed by atoms with Crippen LogP contribution >= 0.6 is 11.3 Å². The molecule has 8 heteroatoms. The summed E-state index contributed by atoms with van der Waals surface area (Å²) in [5.74, 6) is 0.115. The molecule has 0 N–H and O–H groups in total. The fourth-order valence-electron chi connectivity index (χ4n) is 4.12. The summed E-state index contributed by atoms with van der Waals surface area (Å²) in [5, 5.41) is 0.559. The van der Waals surface area contributed by atoms with Gasteiger partial charge in [-0.2, -0.15) is 0 Å². The summed E-state index contributed by atoms with van der Waals surface area (Å²) in [6.07, 6.45) is 1.94. The van der Waals surface area contributed by atoms with Crippen molar-refractivity contribution in [3.8, 4) is 0 Å². The Morgan fingerprint density at radius 1 is 1.09 bits per heavy atom. The first-order valence-electron chi connectivity index (χ1n) is 11.1. The molecule has 7 nitrogen and oxygen atoms in total. The van der Waals surface area contributed by atoms with Crippen LogP contribution in [0.4, 0.5) is 10.8 Å². The zero-order valence-corrected chi connectivity index (χ0v) is 19.7. The van der Waals surface area contributed by atoms with Crippen molar-refractivity contribution in [2.24, 2.45) is 0 Å². The van der Waals surface area contributed by atoms with E-state index in [2.05, 4.69) is 19.9 Å². The number of imide groups is 1. The minimum absolute atomic E-state index is 0.186. The van der Waals surface area contributed by atoms with Crippen molar-refractivity contribution in [2.45, 2.75) is 39.2 Å². The highest BCUT2D eigenvalue weighted by molar-refractivity contribution is 7.22. The Balaban J connectivity index is 1.56. The molecule has 1 aliphatic heterocycles. The lowest BCUT2D eigenvalue weighted by Gasteiger charge is -2.20. The van der Waals surface area contributed by atoms with Crippen LogP contribution in [0.5, 0.6) is 0 Å². The summed E-state index contributed by atoms with van der Waals surface area (Å²) < 4.78 is 6.53. The molecule has 0 spiro atoms. The largest absolute Gasteiger partial charge is 0.467 e. The highest BCUT2D eigenvalue weighted by Crippen LogP contribution is 2.35. The highest BCUT2D eigenvalue weighted by Gasteiger charge is 2.31. The van der Waals surface area contributed by atoms with E-state index in [0.29, 0.717) is 28.1 Å². The van der Waals surface area contributed by atoms with Crippen LogP contribution in [0.3, 0.4) is 0 Å². The van der Waals surface area contributed by atoms with Crippen LogP contribution in [0, 0.1) is 0 Å². The topological polar surface area (TPSA) is 83.7 Å². The molecule has 1 saturated heterocycles. The SMILES string of the molecule is CC(C)c1cccc2sc(N(Cc3ccco3)C(=O)c3cccc(N4C(=O)CCC4=O)c3)nc12. The van der Waals surface area contributed by atoms with E-state index in [-0.39, 0.29) is 37.1 Å². The van der Waals surface area contributed by atoms with Gasteiger partial charge in [0.2, 0.25) is 11.8 Å². The second-order valence-corrected chi connectivity index (χ2v) is 9.50. The number of furan rings is 1. The predicted molar refractivity (Wildman–Crippen MR) is 131 cm³/mol. The third kappa shape index (κ3) is 4.01. The number of benzene rings is 2.